The number of aromatic nitrogens is 2. The zero-order chi connectivity index (χ0) is 13.0. The van der Waals surface area contributed by atoms with E-state index in [9.17, 15) is 0 Å². The lowest BCUT2D eigenvalue weighted by atomic mass is 10.3. The number of aryl methyl sites for hydroxylation is 1. The Morgan fingerprint density at radius 2 is 2.28 bits per heavy atom. The molecule has 0 amide bonds. The summed E-state index contributed by atoms with van der Waals surface area (Å²) in [5.74, 6) is 3.22. The van der Waals surface area contributed by atoms with Gasteiger partial charge in [0.25, 0.3) is 0 Å². The first kappa shape index (κ1) is 13.6. The first-order valence-corrected chi connectivity index (χ1v) is 7.90. The summed E-state index contributed by atoms with van der Waals surface area (Å²) in [5.41, 5.74) is 2.02. The van der Waals surface area contributed by atoms with E-state index in [-0.39, 0.29) is 0 Å². The van der Waals surface area contributed by atoms with Gasteiger partial charge in [0.05, 0.1) is 18.0 Å². The van der Waals surface area contributed by atoms with Crippen molar-refractivity contribution in [2.24, 2.45) is 0 Å². The average Bonchev–Trinajstić information content (AvgIpc) is 2.75. The van der Waals surface area contributed by atoms with Gasteiger partial charge >= 0.3 is 0 Å². The molecule has 3 nitrogen and oxygen atoms in total. The largest absolute Gasteiger partial charge is 0.492 e. The van der Waals surface area contributed by atoms with E-state index in [0.29, 0.717) is 12.5 Å². The van der Waals surface area contributed by atoms with Gasteiger partial charge < -0.3 is 9.30 Å². The molecule has 0 fully saturated rings. The maximum atomic E-state index is 5.98. The van der Waals surface area contributed by atoms with Crippen LogP contribution in [0.2, 0.25) is 0 Å². The first-order chi connectivity index (χ1) is 8.81. The fraction of sp³-hybridized carbons (Fsp3) is 0.462. The number of fused-ring (bicyclic) bond motifs is 1. The van der Waals surface area contributed by atoms with Crippen molar-refractivity contribution in [1.82, 2.24) is 9.55 Å². The Morgan fingerprint density at radius 1 is 1.44 bits per heavy atom. The van der Waals surface area contributed by atoms with Crippen LogP contribution in [0.1, 0.15) is 12.7 Å². The van der Waals surface area contributed by atoms with Crippen molar-refractivity contribution < 1.29 is 4.74 Å². The third-order valence-corrected chi connectivity index (χ3v) is 3.59. The van der Waals surface area contributed by atoms with Crippen molar-refractivity contribution in [3.63, 3.8) is 0 Å². The predicted octanol–water partition coefficient (Wildman–Crippen LogP) is 3.54. The van der Waals surface area contributed by atoms with E-state index in [2.05, 4.69) is 21.9 Å². The van der Waals surface area contributed by atoms with E-state index >= 15 is 0 Å². The summed E-state index contributed by atoms with van der Waals surface area (Å²) in [6, 6.07) is 6.03. The maximum absolute atomic E-state index is 5.98. The van der Waals surface area contributed by atoms with Crippen LogP contribution >= 0.6 is 23.4 Å². The van der Waals surface area contributed by atoms with E-state index in [1.54, 1.807) is 0 Å². The summed E-state index contributed by atoms with van der Waals surface area (Å²) in [5, 5.41) is 0. The second kappa shape index (κ2) is 6.34. The minimum atomic E-state index is 0.425. The van der Waals surface area contributed by atoms with E-state index in [1.165, 1.54) is 0 Å². The SMILES string of the molecule is CCOc1cccc2c1nc(CCl)n2CCSC. The maximum Gasteiger partial charge on any atom is 0.147 e. The molecule has 0 aliphatic rings. The van der Waals surface area contributed by atoms with Gasteiger partial charge in [0.2, 0.25) is 0 Å². The highest BCUT2D eigenvalue weighted by Crippen LogP contribution is 2.27. The van der Waals surface area contributed by atoms with Crippen molar-refractivity contribution in [3.8, 4) is 5.75 Å². The first-order valence-electron chi connectivity index (χ1n) is 5.97. The van der Waals surface area contributed by atoms with Crippen LogP contribution in [-0.2, 0) is 12.4 Å². The van der Waals surface area contributed by atoms with Crippen molar-refractivity contribution >= 4 is 34.4 Å². The van der Waals surface area contributed by atoms with Crippen LogP contribution in [0.15, 0.2) is 18.2 Å². The predicted molar refractivity (Wildman–Crippen MR) is 78.8 cm³/mol. The summed E-state index contributed by atoms with van der Waals surface area (Å²) in [4.78, 5) is 4.60. The molecule has 0 atom stereocenters. The zero-order valence-electron chi connectivity index (χ0n) is 10.6. The van der Waals surface area contributed by atoms with E-state index in [0.717, 1.165) is 34.9 Å². The van der Waals surface area contributed by atoms with Crippen LogP contribution in [0.25, 0.3) is 11.0 Å². The smallest absolute Gasteiger partial charge is 0.147 e. The number of alkyl halides is 1. The van der Waals surface area contributed by atoms with Crippen LogP contribution in [0.4, 0.5) is 0 Å². The Labute approximate surface area is 116 Å². The summed E-state index contributed by atoms with van der Waals surface area (Å²) >= 11 is 7.80. The molecule has 0 saturated carbocycles. The molecule has 1 heterocycles. The van der Waals surface area contributed by atoms with E-state index < -0.39 is 0 Å². The standard InChI is InChI=1S/C13H17ClN2OS/c1-3-17-11-6-4-5-10-13(11)15-12(9-14)16(10)7-8-18-2/h4-6H,3,7-9H2,1-2H3. The number of halogens is 1. The Hall–Kier alpha value is -0.870. The summed E-state index contributed by atoms with van der Waals surface area (Å²) in [7, 11) is 0. The molecule has 1 aromatic carbocycles. The van der Waals surface area contributed by atoms with Crippen LogP contribution in [0, 0.1) is 0 Å². The van der Waals surface area contributed by atoms with Gasteiger partial charge in [-0.05, 0) is 25.3 Å². The summed E-state index contributed by atoms with van der Waals surface area (Å²) < 4.78 is 7.79. The summed E-state index contributed by atoms with van der Waals surface area (Å²) in [6.45, 7) is 3.55. The number of thioether (sulfide) groups is 1. The fourth-order valence-corrected chi connectivity index (χ4v) is 2.54. The van der Waals surface area contributed by atoms with Crippen molar-refractivity contribution in [2.75, 3.05) is 18.6 Å². The van der Waals surface area contributed by atoms with Gasteiger partial charge in [0.1, 0.15) is 17.1 Å². The lowest BCUT2D eigenvalue weighted by Crippen LogP contribution is -2.04. The molecule has 0 bridgehead atoms. The number of nitrogens with zero attached hydrogens (tertiary/aromatic N) is 2. The normalized spacial score (nSPS) is 11.1. The number of rotatable bonds is 6. The number of hydrogen-bond acceptors (Lipinski definition) is 3. The monoisotopic (exact) mass is 284 g/mol. The lowest BCUT2D eigenvalue weighted by molar-refractivity contribution is 0.343. The van der Waals surface area contributed by atoms with Gasteiger partial charge in [-0.1, -0.05) is 6.07 Å². The van der Waals surface area contributed by atoms with Crippen LogP contribution in [0.3, 0.4) is 0 Å². The molecule has 1 aromatic heterocycles. The van der Waals surface area contributed by atoms with Gasteiger partial charge in [-0.2, -0.15) is 11.8 Å². The highest BCUT2D eigenvalue weighted by molar-refractivity contribution is 7.98. The molecule has 0 unspecified atom stereocenters. The minimum absolute atomic E-state index is 0.425. The molecular weight excluding hydrogens is 268 g/mol. The second-order valence-electron chi connectivity index (χ2n) is 3.86. The number of imidazole rings is 1. The van der Waals surface area contributed by atoms with Gasteiger partial charge in [-0.25, -0.2) is 4.98 Å². The van der Waals surface area contributed by atoms with Crippen LogP contribution < -0.4 is 4.74 Å². The Balaban J connectivity index is 2.50. The molecule has 0 aliphatic heterocycles. The van der Waals surface area contributed by atoms with Crippen molar-refractivity contribution in [3.05, 3.63) is 24.0 Å². The van der Waals surface area contributed by atoms with Crippen molar-refractivity contribution in [2.45, 2.75) is 19.3 Å². The molecule has 2 aromatic rings. The molecule has 18 heavy (non-hydrogen) atoms. The Morgan fingerprint density at radius 3 is 2.94 bits per heavy atom. The molecule has 2 rings (SSSR count). The minimum Gasteiger partial charge on any atom is -0.492 e. The van der Waals surface area contributed by atoms with Crippen LogP contribution in [0.5, 0.6) is 5.75 Å². The highest BCUT2D eigenvalue weighted by Gasteiger charge is 2.13. The molecule has 98 valence electrons. The average molecular weight is 285 g/mol. The third kappa shape index (κ3) is 2.59. The number of para-hydroxylation sites is 1. The van der Waals surface area contributed by atoms with E-state index in [4.69, 9.17) is 16.3 Å². The van der Waals surface area contributed by atoms with Gasteiger partial charge in [0, 0.05) is 12.3 Å². The Kier molecular flexibility index (Phi) is 4.78. The molecular formula is C13H17ClN2OS. The quantitative estimate of drug-likeness (QED) is 0.759. The fourth-order valence-electron chi connectivity index (χ4n) is 1.98. The zero-order valence-corrected chi connectivity index (χ0v) is 12.2. The molecule has 0 spiro atoms. The Bertz CT molecular complexity index is 527. The third-order valence-electron chi connectivity index (χ3n) is 2.76. The molecule has 5 heteroatoms. The van der Waals surface area contributed by atoms with Gasteiger partial charge in [-0.15, -0.1) is 11.6 Å². The highest BCUT2D eigenvalue weighted by atomic mass is 35.5. The number of ether oxygens (including phenoxy) is 1. The van der Waals surface area contributed by atoms with Gasteiger partial charge in [-0.3, -0.25) is 0 Å². The topological polar surface area (TPSA) is 27.1 Å². The molecule has 0 radical (unpaired) electrons. The molecule has 0 N–H and O–H groups in total. The second-order valence-corrected chi connectivity index (χ2v) is 5.12. The lowest BCUT2D eigenvalue weighted by Gasteiger charge is -2.07. The van der Waals surface area contributed by atoms with E-state index in [1.807, 2.05) is 30.8 Å². The number of hydrogen-bond donors (Lipinski definition) is 0. The van der Waals surface area contributed by atoms with Crippen LogP contribution in [-0.4, -0.2) is 28.2 Å². The number of benzene rings is 1. The van der Waals surface area contributed by atoms with Gasteiger partial charge in [0.15, 0.2) is 0 Å². The molecule has 0 aliphatic carbocycles. The molecule has 0 saturated heterocycles. The van der Waals surface area contributed by atoms with Crippen molar-refractivity contribution in [1.29, 1.82) is 0 Å². The summed E-state index contributed by atoms with van der Waals surface area (Å²) in [6.07, 6.45) is 2.10.